The van der Waals surface area contributed by atoms with E-state index in [2.05, 4.69) is 26.3 Å². The summed E-state index contributed by atoms with van der Waals surface area (Å²) in [6.07, 6.45) is 1.65. The predicted octanol–water partition coefficient (Wildman–Crippen LogP) is 3.96. The lowest BCUT2D eigenvalue weighted by atomic mass is 10.1. The standard InChI is InChI=1S/C19H18BrN3O3/c1-25-14-7-8-17(26-2)15(11-14)19(24)22-18-9-10-21-23(18)12-13-5-3-4-6-16(13)20/h3-11H,12H2,1-2H3,(H,22,24). The van der Waals surface area contributed by atoms with Crippen LogP contribution in [-0.4, -0.2) is 29.9 Å². The molecule has 1 N–H and O–H groups in total. The van der Waals surface area contributed by atoms with Crippen molar-refractivity contribution in [1.82, 2.24) is 9.78 Å². The van der Waals surface area contributed by atoms with Crippen LogP contribution in [0.3, 0.4) is 0 Å². The fourth-order valence-corrected chi connectivity index (χ4v) is 2.94. The molecule has 26 heavy (non-hydrogen) atoms. The van der Waals surface area contributed by atoms with Crippen LogP contribution in [0.4, 0.5) is 5.82 Å². The summed E-state index contributed by atoms with van der Waals surface area (Å²) in [4.78, 5) is 12.7. The van der Waals surface area contributed by atoms with Crippen LogP contribution >= 0.6 is 15.9 Å². The first-order valence-electron chi connectivity index (χ1n) is 7.91. The molecule has 2 aromatic carbocycles. The van der Waals surface area contributed by atoms with Gasteiger partial charge >= 0.3 is 0 Å². The highest BCUT2D eigenvalue weighted by molar-refractivity contribution is 9.10. The number of amides is 1. The number of benzene rings is 2. The molecule has 0 aliphatic heterocycles. The van der Waals surface area contributed by atoms with Crippen molar-refractivity contribution in [3.63, 3.8) is 0 Å². The molecule has 0 spiro atoms. The third-order valence-corrected chi connectivity index (χ3v) is 4.66. The highest BCUT2D eigenvalue weighted by atomic mass is 79.9. The van der Waals surface area contributed by atoms with Crippen LogP contribution in [-0.2, 0) is 6.54 Å². The highest BCUT2D eigenvalue weighted by Gasteiger charge is 2.16. The molecule has 0 fully saturated rings. The van der Waals surface area contributed by atoms with Crippen LogP contribution in [0.2, 0.25) is 0 Å². The number of anilines is 1. The maximum Gasteiger partial charge on any atom is 0.260 e. The molecule has 0 aliphatic carbocycles. The molecule has 0 atom stereocenters. The molecule has 0 radical (unpaired) electrons. The van der Waals surface area contributed by atoms with Crippen molar-refractivity contribution in [2.24, 2.45) is 0 Å². The summed E-state index contributed by atoms with van der Waals surface area (Å²) in [5.74, 6) is 1.35. The summed E-state index contributed by atoms with van der Waals surface area (Å²) in [6.45, 7) is 0.527. The first-order chi connectivity index (χ1) is 12.6. The normalized spacial score (nSPS) is 10.4. The van der Waals surface area contributed by atoms with Gasteiger partial charge in [0.25, 0.3) is 5.91 Å². The van der Waals surface area contributed by atoms with E-state index in [1.807, 2.05) is 24.3 Å². The smallest absolute Gasteiger partial charge is 0.260 e. The van der Waals surface area contributed by atoms with Gasteiger partial charge in [-0.05, 0) is 29.8 Å². The number of ether oxygens (including phenoxy) is 2. The van der Waals surface area contributed by atoms with E-state index in [4.69, 9.17) is 9.47 Å². The van der Waals surface area contributed by atoms with Gasteiger partial charge in [0.15, 0.2) is 0 Å². The van der Waals surface area contributed by atoms with Crippen molar-refractivity contribution in [1.29, 1.82) is 0 Å². The average molecular weight is 416 g/mol. The minimum Gasteiger partial charge on any atom is -0.497 e. The summed E-state index contributed by atoms with van der Waals surface area (Å²) in [7, 11) is 3.08. The van der Waals surface area contributed by atoms with Crippen LogP contribution in [0.1, 0.15) is 15.9 Å². The van der Waals surface area contributed by atoms with E-state index >= 15 is 0 Å². The highest BCUT2D eigenvalue weighted by Crippen LogP contribution is 2.25. The van der Waals surface area contributed by atoms with Gasteiger partial charge in [-0.1, -0.05) is 34.1 Å². The zero-order valence-corrected chi connectivity index (χ0v) is 16.0. The molecule has 7 heteroatoms. The minimum atomic E-state index is -0.297. The fraction of sp³-hybridized carbons (Fsp3) is 0.158. The number of halogens is 1. The van der Waals surface area contributed by atoms with Gasteiger partial charge in [-0.25, -0.2) is 4.68 Å². The molecule has 0 saturated heterocycles. The predicted molar refractivity (Wildman–Crippen MR) is 103 cm³/mol. The third kappa shape index (κ3) is 3.88. The molecule has 1 heterocycles. The summed E-state index contributed by atoms with van der Waals surface area (Å²) in [6, 6.07) is 14.7. The van der Waals surface area contributed by atoms with Gasteiger partial charge in [0.1, 0.15) is 17.3 Å². The van der Waals surface area contributed by atoms with Crippen LogP contribution in [0.5, 0.6) is 11.5 Å². The number of nitrogens with zero attached hydrogens (tertiary/aromatic N) is 2. The number of rotatable bonds is 6. The van der Waals surface area contributed by atoms with Gasteiger partial charge in [-0.15, -0.1) is 0 Å². The quantitative estimate of drug-likeness (QED) is 0.661. The monoisotopic (exact) mass is 415 g/mol. The first kappa shape index (κ1) is 18.0. The molecule has 3 rings (SSSR count). The van der Waals surface area contributed by atoms with Gasteiger partial charge in [0.05, 0.1) is 32.5 Å². The number of nitrogens with one attached hydrogen (secondary N) is 1. The van der Waals surface area contributed by atoms with E-state index in [0.29, 0.717) is 29.4 Å². The average Bonchev–Trinajstić information content (AvgIpc) is 3.09. The molecule has 0 unspecified atom stereocenters. The second kappa shape index (κ2) is 8.05. The van der Waals surface area contributed by atoms with Crippen LogP contribution in [0.15, 0.2) is 59.2 Å². The third-order valence-electron chi connectivity index (χ3n) is 3.89. The molecule has 0 aliphatic rings. The summed E-state index contributed by atoms with van der Waals surface area (Å²) in [5.41, 5.74) is 1.45. The minimum absolute atomic E-state index is 0.297. The van der Waals surface area contributed by atoms with Crippen molar-refractivity contribution in [3.8, 4) is 11.5 Å². The van der Waals surface area contributed by atoms with E-state index in [1.165, 1.54) is 7.11 Å². The molecule has 6 nitrogen and oxygen atoms in total. The number of hydrogen-bond donors (Lipinski definition) is 1. The second-order valence-electron chi connectivity index (χ2n) is 5.49. The fourth-order valence-electron chi connectivity index (χ4n) is 2.53. The van der Waals surface area contributed by atoms with Crippen LogP contribution < -0.4 is 14.8 Å². The zero-order chi connectivity index (χ0) is 18.5. The summed E-state index contributed by atoms with van der Waals surface area (Å²) in [5, 5.41) is 7.18. The largest absolute Gasteiger partial charge is 0.497 e. The first-order valence-corrected chi connectivity index (χ1v) is 8.70. The molecule has 1 amide bonds. The van der Waals surface area contributed by atoms with Gasteiger partial charge in [0.2, 0.25) is 0 Å². The summed E-state index contributed by atoms with van der Waals surface area (Å²) >= 11 is 3.53. The Morgan fingerprint density at radius 3 is 2.69 bits per heavy atom. The Morgan fingerprint density at radius 2 is 1.96 bits per heavy atom. The van der Waals surface area contributed by atoms with Crippen molar-refractivity contribution >= 4 is 27.7 Å². The number of aromatic nitrogens is 2. The Bertz CT molecular complexity index is 924. The lowest BCUT2D eigenvalue weighted by Crippen LogP contribution is -2.17. The zero-order valence-electron chi connectivity index (χ0n) is 14.4. The topological polar surface area (TPSA) is 65.4 Å². The van der Waals surface area contributed by atoms with Crippen molar-refractivity contribution < 1.29 is 14.3 Å². The molecule has 0 saturated carbocycles. The van der Waals surface area contributed by atoms with E-state index in [0.717, 1.165) is 10.0 Å². The van der Waals surface area contributed by atoms with Gasteiger partial charge < -0.3 is 14.8 Å². The Balaban J connectivity index is 1.83. The van der Waals surface area contributed by atoms with E-state index < -0.39 is 0 Å². The molecule has 1 aromatic heterocycles. The lowest BCUT2D eigenvalue weighted by Gasteiger charge is -2.13. The Kier molecular flexibility index (Phi) is 5.58. The van der Waals surface area contributed by atoms with Gasteiger partial charge in [-0.3, -0.25) is 4.79 Å². The van der Waals surface area contributed by atoms with Crippen molar-refractivity contribution in [3.05, 3.63) is 70.3 Å². The van der Waals surface area contributed by atoms with Gasteiger partial charge in [0, 0.05) is 10.5 Å². The van der Waals surface area contributed by atoms with Crippen LogP contribution in [0.25, 0.3) is 0 Å². The Labute approximate surface area is 159 Å². The number of methoxy groups -OCH3 is 2. The van der Waals surface area contributed by atoms with Crippen molar-refractivity contribution in [2.45, 2.75) is 6.54 Å². The summed E-state index contributed by atoms with van der Waals surface area (Å²) < 4.78 is 13.2. The maximum absolute atomic E-state index is 12.7. The van der Waals surface area contributed by atoms with E-state index in [9.17, 15) is 4.79 Å². The van der Waals surface area contributed by atoms with E-state index in [1.54, 1.807) is 42.3 Å². The van der Waals surface area contributed by atoms with E-state index in [-0.39, 0.29) is 5.91 Å². The van der Waals surface area contributed by atoms with Gasteiger partial charge in [-0.2, -0.15) is 5.10 Å². The molecule has 134 valence electrons. The molecule has 3 aromatic rings. The lowest BCUT2D eigenvalue weighted by molar-refractivity contribution is 0.102. The molecular weight excluding hydrogens is 398 g/mol. The van der Waals surface area contributed by atoms with Crippen LogP contribution in [0, 0.1) is 0 Å². The molecular formula is C19H18BrN3O3. The Morgan fingerprint density at radius 1 is 1.15 bits per heavy atom. The number of hydrogen-bond acceptors (Lipinski definition) is 4. The number of carbonyl (C=O) groups excluding carboxylic acids is 1. The number of carbonyl (C=O) groups is 1. The maximum atomic E-state index is 12.7. The SMILES string of the molecule is COc1ccc(OC)c(C(=O)Nc2ccnn2Cc2ccccc2Br)c1. The molecule has 0 bridgehead atoms. The second-order valence-corrected chi connectivity index (χ2v) is 6.34. The van der Waals surface area contributed by atoms with Crippen molar-refractivity contribution in [2.75, 3.05) is 19.5 Å². The Hall–Kier alpha value is -2.80.